The molecule has 0 aliphatic carbocycles. The molecular formula is C25H21F2N3O3. The molecule has 0 fully saturated rings. The first-order valence-electron chi connectivity index (χ1n) is 10.3. The molecule has 0 aliphatic heterocycles. The number of H-pyrrole nitrogens is 1. The molecule has 168 valence electrons. The van der Waals surface area contributed by atoms with Gasteiger partial charge in [-0.05, 0) is 41.8 Å². The van der Waals surface area contributed by atoms with Crippen molar-refractivity contribution in [2.24, 2.45) is 0 Å². The first kappa shape index (κ1) is 22.1. The lowest BCUT2D eigenvalue weighted by Crippen LogP contribution is -2.31. The fourth-order valence-electron chi connectivity index (χ4n) is 3.58. The predicted molar refractivity (Wildman–Crippen MR) is 120 cm³/mol. The van der Waals surface area contributed by atoms with E-state index < -0.39 is 29.2 Å². The van der Waals surface area contributed by atoms with Crippen LogP contribution in [-0.4, -0.2) is 22.6 Å². The summed E-state index contributed by atoms with van der Waals surface area (Å²) in [6.07, 6.45) is -0.670. The first-order valence-corrected chi connectivity index (χ1v) is 10.3. The number of aromatic amines is 1. The number of hydrogen-bond acceptors (Lipinski definition) is 4. The molecule has 3 aromatic carbocycles. The van der Waals surface area contributed by atoms with Crippen molar-refractivity contribution in [1.29, 1.82) is 0 Å². The highest BCUT2D eigenvalue weighted by Crippen LogP contribution is 2.24. The number of rotatable bonds is 6. The Labute approximate surface area is 188 Å². The van der Waals surface area contributed by atoms with Gasteiger partial charge in [0.05, 0.1) is 11.3 Å². The maximum atomic E-state index is 14.5. The summed E-state index contributed by atoms with van der Waals surface area (Å²) >= 11 is 0. The third-order valence-electron chi connectivity index (χ3n) is 5.30. The minimum absolute atomic E-state index is 0.0128. The molecule has 0 unspecified atom stereocenters. The number of alkyl carbamates (subject to hydrolysis) is 1. The summed E-state index contributed by atoms with van der Waals surface area (Å²) in [4.78, 5) is 32.0. The van der Waals surface area contributed by atoms with Crippen LogP contribution in [0.1, 0.15) is 28.4 Å². The minimum atomic E-state index is -0.674. The molecule has 6 nitrogen and oxygen atoms in total. The lowest BCUT2D eigenvalue weighted by molar-refractivity contribution is 0.139. The molecule has 0 bridgehead atoms. The zero-order valence-corrected chi connectivity index (χ0v) is 17.8. The maximum Gasteiger partial charge on any atom is 0.407 e. The summed E-state index contributed by atoms with van der Waals surface area (Å²) in [6, 6.07) is 17.5. The zero-order valence-electron chi connectivity index (χ0n) is 17.8. The van der Waals surface area contributed by atoms with Gasteiger partial charge in [-0.2, -0.15) is 0 Å². The van der Waals surface area contributed by atoms with E-state index >= 15 is 0 Å². The van der Waals surface area contributed by atoms with Crippen LogP contribution >= 0.6 is 0 Å². The van der Waals surface area contributed by atoms with E-state index in [1.165, 1.54) is 36.4 Å². The van der Waals surface area contributed by atoms with Gasteiger partial charge in [0.1, 0.15) is 29.6 Å². The molecule has 4 aromatic rings. The van der Waals surface area contributed by atoms with Gasteiger partial charge in [0.15, 0.2) is 0 Å². The Hall–Kier alpha value is -4.07. The maximum absolute atomic E-state index is 14.5. The molecule has 1 aromatic heterocycles. The Balaban J connectivity index is 1.62. The molecule has 0 saturated carbocycles. The van der Waals surface area contributed by atoms with Gasteiger partial charge in [-0.1, -0.05) is 48.5 Å². The Morgan fingerprint density at radius 1 is 1.06 bits per heavy atom. The fraction of sp³-hybridized carbons (Fsp3) is 0.160. The lowest BCUT2D eigenvalue weighted by Gasteiger charge is -2.18. The molecule has 8 heteroatoms. The third kappa shape index (κ3) is 5.06. The number of aryl methyl sites for hydroxylation is 1. The van der Waals surface area contributed by atoms with Gasteiger partial charge in [-0.15, -0.1) is 0 Å². The molecule has 1 amide bonds. The van der Waals surface area contributed by atoms with Crippen molar-refractivity contribution in [3.63, 3.8) is 0 Å². The molecule has 33 heavy (non-hydrogen) atoms. The standard InChI is InChI=1S/C25H21F2N3O3/c1-15-7-12-20(27)22-21(15)24(31)30-23(29-22)19(17-8-10-18(26)11-9-17)13-28-25(32)33-14-16-5-3-2-4-6-16/h2-12,19H,13-14H2,1H3,(H,28,32)(H,29,30,31)/t19-/m0/s1. The van der Waals surface area contributed by atoms with Gasteiger partial charge in [0.2, 0.25) is 0 Å². The van der Waals surface area contributed by atoms with Crippen molar-refractivity contribution < 1.29 is 18.3 Å². The zero-order chi connectivity index (χ0) is 23.4. The molecule has 0 aliphatic rings. The predicted octanol–water partition coefficient (Wildman–Crippen LogP) is 4.57. The van der Waals surface area contributed by atoms with Crippen LogP contribution in [-0.2, 0) is 11.3 Å². The quantitative estimate of drug-likeness (QED) is 0.452. The van der Waals surface area contributed by atoms with Crippen LogP contribution in [0.4, 0.5) is 13.6 Å². The Kier molecular flexibility index (Phi) is 6.44. The second-order valence-electron chi connectivity index (χ2n) is 7.59. The van der Waals surface area contributed by atoms with Gasteiger partial charge in [0.25, 0.3) is 5.56 Å². The van der Waals surface area contributed by atoms with E-state index in [9.17, 15) is 18.4 Å². The average Bonchev–Trinajstić information content (AvgIpc) is 2.82. The van der Waals surface area contributed by atoms with Crippen LogP contribution in [0.2, 0.25) is 0 Å². The molecule has 1 heterocycles. The summed E-state index contributed by atoms with van der Waals surface area (Å²) < 4.78 is 33.2. The second kappa shape index (κ2) is 9.60. The minimum Gasteiger partial charge on any atom is -0.445 e. The van der Waals surface area contributed by atoms with Gasteiger partial charge < -0.3 is 15.0 Å². The van der Waals surface area contributed by atoms with Gasteiger partial charge >= 0.3 is 6.09 Å². The summed E-state index contributed by atoms with van der Waals surface area (Å²) in [5.41, 5.74) is 1.44. The van der Waals surface area contributed by atoms with Crippen LogP contribution in [0.15, 0.2) is 71.5 Å². The van der Waals surface area contributed by atoms with Gasteiger partial charge in [-0.3, -0.25) is 4.79 Å². The summed E-state index contributed by atoms with van der Waals surface area (Å²) in [7, 11) is 0. The molecular weight excluding hydrogens is 428 g/mol. The highest BCUT2D eigenvalue weighted by Gasteiger charge is 2.21. The van der Waals surface area contributed by atoms with Crippen LogP contribution in [0.3, 0.4) is 0 Å². The van der Waals surface area contributed by atoms with Crippen molar-refractivity contribution in [2.45, 2.75) is 19.4 Å². The number of carbonyl (C=O) groups excluding carboxylic acids is 1. The van der Waals surface area contributed by atoms with E-state index in [0.717, 1.165) is 5.56 Å². The number of amides is 1. The number of carbonyl (C=O) groups is 1. The number of ether oxygens (including phenoxy) is 1. The van der Waals surface area contributed by atoms with Crippen LogP contribution in [0.5, 0.6) is 0 Å². The molecule has 2 N–H and O–H groups in total. The molecule has 1 atom stereocenters. The van der Waals surface area contributed by atoms with Gasteiger partial charge in [0, 0.05) is 6.54 Å². The third-order valence-corrected chi connectivity index (χ3v) is 5.30. The highest BCUT2D eigenvalue weighted by molar-refractivity contribution is 5.81. The van der Waals surface area contributed by atoms with E-state index in [0.29, 0.717) is 11.1 Å². The van der Waals surface area contributed by atoms with E-state index in [1.54, 1.807) is 6.92 Å². The number of benzene rings is 3. The van der Waals surface area contributed by atoms with E-state index in [1.807, 2.05) is 30.3 Å². The van der Waals surface area contributed by atoms with Crippen LogP contribution in [0.25, 0.3) is 10.9 Å². The molecule has 0 saturated heterocycles. The van der Waals surface area contributed by atoms with Crippen LogP contribution < -0.4 is 10.9 Å². The second-order valence-corrected chi connectivity index (χ2v) is 7.59. The number of halogens is 2. The van der Waals surface area contributed by atoms with E-state index in [2.05, 4.69) is 15.3 Å². The Bertz CT molecular complexity index is 1340. The fourth-order valence-corrected chi connectivity index (χ4v) is 3.58. The number of fused-ring (bicyclic) bond motifs is 1. The highest BCUT2D eigenvalue weighted by atomic mass is 19.1. The number of hydrogen-bond donors (Lipinski definition) is 2. The lowest BCUT2D eigenvalue weighted by atomic mass is 9.97. The molecule has 0 radical (unpaired) electrons. The smallest absolute Gasteiger partial charge is 0.407 e. The molecule has 4 rings (SSSR count). The SMILES string of the molecule is Cc1ccc(F)c2nc([C@@H](CNC(=O)OCc3ccccc3)c3ccc(F)cc3)[nH]c(=O)c12. The summed E-state index contributed by atoms with van der Waals surface area (Å²) in [5, 5.41) is 2.81. The van der Waals surface area contributed by atoms with E-state index in [4.69, 9.17) is 4.74 Å². The Morgan fingerprint density at radius 3 is 2.52 bits per heavy atom. The monoisotopic (exact) mass is 449 g/mol. The normalized spacial score (nSPS) is 11.8. The number of nitrogens with one attached hydrogen (secondary N) is 2. The van der Waals surface area contributed by atoms with Crippen molar-refractivity contribution in [3.8, 4) is 0 Å². The van der Waals surface area contributed by atoms with E-state index in [-0.39, 0.29) is 29.9 Å². The van der Waals surface area contributed by atoms with Crippen molar-refractivity contribution >= 4 is 17.0 Å². The van der Waals surface area contributed by atoms with Crippen molar-refractivity contribution in [1.82, 2.24) is 15.3 Å². The van der Waals surface area contributed by atoms with Gasteiger partial charge in [-0.25, -0.2) is 18.6 Å². The Morgan fingerprint density at radius 2 is 1.79 bits per heavy atom. The first-order chi connectivity index (χ1) is 15.9. The largest absolute Gasteiger partial charge is 0.445 e. The van der Waals surface area contributed by atoms with Crippen molar-refractivity contribution in [3.05, 3.63) is 111 Å². The topological polar surface area (TPSA) is 84.1 Å². The van der Waals surface area contributed by atoms with Crippen molar-refractivity contribution in [2.75, 3.05) is 6.54 Å². The number of aromatic nitrogens is 2. The number of nitrogens with zero attached hydrogens (tertiary/aromatic N) is 1. The van der Waals surface area contributed by atoms with Crippen LogP contribution in [0, 0.1) is 18.6 Å². The summed E-state index contributed by atoms with van der Waals surface area (Å²) in [5.74, 6) is -1.59. The summed E-state index contributed by atoms with van der Waals surface area (Å²) in [6.45, 7) is 1.77. The molecule has 0 spiro atoms. The average molecular weight is 449 g/mol.